The van der Waals surface area contributed by atoms with Crippen LogP contribution in [0.1, 0.15) is 29.4 Å². The molecule has 2 heterocycles. The molecule has 1 aromatic heterocycles. The second-order valence-electron chi connectivity index (χ2n) is 5.19. The molecule has 0 spiro atoms. The number of esters is 1. The van der Waals surface area contributed by atoms with Crippen LogP contribution in [0.4, 0.5) is 5.95 Å². The van der Waals surface area contributed by atoms with Gasteiger partial charge >= 0.3 is 5.97 Å². The average molecular weight is 286 g/mol. The molecule has 110 valence electrons. The maximum Gasteiger partial charge on any atom is 0.313 e. The van der Waals surface area contributed by atoms with Crippen molar-refractivity contribution in [2.75, 3.05) is 19.0 Å². The van der Waals surface area contributed by atoms with Gasteiger partial charge in [0, 0.05) is 6.54 Å². The van der Waals surface area contributed by atoms with Crippen molar-refractivity contribution in [1.82, 2.24) is 14.8 Å². The van der Waals surface area contributed by atoms with Crippen LogP contribution in [0, 0.1) is 6.92 Å². The number of benzene rings is 1. The highest BCUT2D eigenvalue weighted by molar-refractivity contribution is 5.71. The summed E-state index contributed by atoms with van der Waals surface area (Å²) < 4.78 is 6.54. The van der Waals surface area contributed by atoms with E-state index < -0.39 is 0 Å². The van der Waals surface area contributed by atoms with E-state index in [0.717, 1.165) is 13.0 Å². The first kappa shape index (κ1) is 13.6. The molecule has 0 saturated heterocycles. The molecule has 1 aromatic carbocycles. The summed E-state index contributed by atoms with van der Waals surface area (Å²) in [6.45, 7) is 2.92. The van der Waals surface area contributed by atoms with Crippen molar-refractivity contribution in [2.45, 2.75) is 25.8 Å². The molecular formula is C15H18N4O2. The molecule has 3 rings (SSSR count). The Morgan fingerprint density at radius 1 is 1.52 bits per heavy atom. The number of anilines is 1. The van der Waals surface area contributed by atoms with Gasteiger partial charge in [-0.05, 0) is 18.9 Å². The lowest BCUT2D eigenvalue weighted by atomic mass is 10.0. The molecule has 1 N–H and O–H groups in total. The molecule has 1 unspecified atom stereocenters. The van der Waals surface area contributed by atoms with Gasteiger partial charge < -0.3 is 10.1 Å². The zero-order valence-electron chi connectivity index (χ0n) is 12.2. The molecule has 0 bridgehead atoms. The summed E-state index contributed by atoms with van der Waals surface area (Å²) in [5.74, 6) is 0.876. The maximum atomic E-state index is 11.4. The number of fused-ring (bicyclic) bond motifs is 1. The standard InChI is InChI=1S/C15H18N4O2/c1-10-4-3-5-11(8-10)12-6-7-16-15-17-13(18-19(12)15)9-14(20)21-2/h3-5,8,12H,6-7,9H2,1-2H3,(H,16,17,18). The van der Waals surface area contributed by atoms with Crippen LogP contribution in [0.3, 0.4) is 0 Å². The van der Waals surface area contributed by atoms with Crippen molar-refractivity contribution < 1.29 is 9.53 Å². The molecule has 0 saturated carbocycles. The molecular weight excluding hydrogens is 268 g/mol. The van der Waals surface area contributed by atoms with Crippen molar-refractivity contribution in [3.8, 4) is 0 Å². The number of nitrogens with zero attached hydrogens (tertiary/aromatic N) is 3. The Bertz CT molecular complexity index is 665. The summed E-state index contributed by atoms with van der Waals surface area (Å²) in [5.41, 5.74) is 2.44. The molecule has 1 atom stereocenters. The molecule has 21 heavy (non-hydrogen) atoms. The van der Waals surface area contributed by atoms with Gasteiger partial charge in [0.05, 0.1) is 13.2 Å². The third-order valence-electron chi connectivity index (χ3n) is 3.63. The predicted molar refractivity (Wildman–Crippen MR) is 78.2 cm³/mol. The quantitative estimate of drug-likeness (QED) is 0.870. The number of hydrogen-bond donors (Lipinski definition) is 1. The molecule has 0 radical (unpaired) electrons. The van der Waals surface area contributed by atoms with Gasteiger partial charge in [0.25, 0.3) is 0 Å². The minimum absolute atomic E-state index is 0.0959. The number of nitrogens with one attached hydrogen (secondary N) is 1. The van der Waals surface area contributed by atoms with E-state index in [0.29, 0.717) is 11.8 Å². The average Bonchev–Trinajstić information content (AvgIpc) is 2.89. The van der Waals surface area contributed by atoms with Crippen molar-refractivity contribution in [3.05, 3.63) is 41.2 Å². The number of rotatable bonds is 3. The minimum atomic E-state index is -0.329. The van der Waals surface area contributed by atoms with Crippen LogP contribution in [0.25, 0.3) is 0 Å². The molecule has 1 aliphatic heterocycles. The van der Waals surface area contributed by atoms with Crippen LogP contribution < -0.4 is 5.32 Å². The third-order valence-corrected chi connectivity index (χ3v) is 3.63. The summed E-state index contributed by atoms with van der Waals surface area (Å²) >= 11 is 0. The normalized spacial score (nSPS) is 17.0. The Kier molecular flexibility index (Phi) is 3.60. The van der Waals surface area contributed by atoms with Crippen LogP contribution in [0.2, 0.25) is 0 Å². The first-order valence-corrected chi connectivity index (χ1v) is 7.00. The lowest BCUT2D eigenvalue weighted by molar-refractivity contribution is -0.139. The SMILES string of the molecule is COC(=O)Cc1nc2n(n1)C(c1cccc(C)c1)CCN2. The molecule has 0 aliphatic carbocycles. The molecule has 0 fully saturated rings. The number of aromatic nitrogens is 3. The van der Waals surface area contributed by atoms with E-state index in [-0.39, 0.29) is 18.4 Å². The molecule has 0 amide bonds. The van der Waals surface area contributed by atoms with Crippen LogP contribution in [-0.2, 0) is 16.0 Å². The van der Waals surface area contributed by atoms with Gasteiger partial charge in [0.15, 0.2) is 5.82 Å². The molecule has 6 heteroatoms. The van der Waals surface area contributed by atoms with E-state index in [1.54, 1.807) is 0 Å². The highest BCUT2D eigenvalue weighted by atomic mass is 16.5. The molecule has 1 aliphatic rings. The van der Waals surface area contributed by atoms with Crippen molar-refractivity contribution in [3.63, 3.8) is 0 Å². The number of hydrogen-bond acceptors (Lipinski definition) is 5. The highest BCUT2D eigenvalue weighted by Gasteiger charge is 2.25. The van der Waals surface area contributed by atoms with Crippen LogP contribution in [-0.4, -0.2) is 34.4 Å². The number of ether oxygens (including phenoxy) is 1. The smallest absolute Gasteiger partial charge is 0.313 e. The van der Waals surface area contributed by atoms with Gasteiger partial charge in [-0.3, -0.25) is 4.79 Å². The topological polar surface area (TPSA) is 69.0 Å². The Morgan fingerprint density at radius 3 is 3.14 bits per heavy atom. The molecule has 2 aromatic rings. The van der Waals surface area contributed by atoms with Crippen molar-refractivity contribution in [2.24, 2.45) is 0 Å². The van der Waals surface area contributed by atoms with Crippen LogP contribution in [0.5, 0.6) is 0 Å². The van der Waals surface area contributed by atoms with Gasteiger partial charge in [-0.2, -0.15) is 10.1 Å². The zero-order valence-corrected chi connectivity index (χ0v) is 12.2. The lowest BCUT2D eigenvalue weighted by Crippen LogP contribution is -2.24. The number of aryl methyl sites for hydroxylation is 1. The van der Waals surface area contributed by atoms with E-state index in [4.69, 9.17) is 0 Å². The van der Waals surface area contributed by atoms with Gasteiger partial charge in [0.1, 0.15) is 6.42 Å². The van der Waals surface area contributed by atoms with E-state index in [1.807, 2.05) is 4.68 Å². The van der Waals surface area contributed by atoms with Gasteiger partial charge in [-0.25, -0.2) is 4.68 Å². The van der Waals surface area contributed by atoms with Gasteiger partial charge in [0.2, 0.25) is 5.95 Å². The monoisotopic (exact) mass is 286 g/mol. The summed E-state index contributed by atoms with van der Waals surface area (Å²) in [6.07, 6.45) is 1.04. The van der Waals surface area contributed by atoms with E-state index in [9.17, 15) is 4.79 Å². The third kappa shape index (κ3) is 2.74. The maximum absolute atomic E-state index is 11.4. The number of carbonyl (C=O) groups excluding carboxylic acids is 1. The first-order chi connectivity index (χ1) is 10.2. The minimum Gasteiger partial charge on any atom is -0.469 e. The van der Waals surface area contributed by atoms with Crippen LogP contribution >= 0.6 is 0 Å². The zero-order chi connectivity index (χ0) is 14.8. The Hall–Kier alpha value is -2.37. The summed E-state index contributed by atoms with van der Waals surface area (Å²) in [5, 5.41) is 7.69. The first-order valence-electron chi connectivity index (χ1n) is 7.00. The summed E-state index contributed by atoms with van der Waals surface area (Å²) in [4.78, 5) is 15.7. The Morgan fingerprint density at radius 2 is 2.38 bits per heavy atom. The van der Waals surface area contributed by atoms with Gasteiger partial charge in [-0.15, -0.1) is 0 Å². The fraction of sp³-hybridized carbons (Fsp3) is 0.400. The lowest BCUT2D eigenvalue weighted by Gasteiger charge is -2.24. The van der Waals surface area contributed by atoms with Crippen molar-refractivity contribution in [1.29, 1.82) is 0 Å². The summed E-state index contributed by atoms with van der Waals surface area (Å²) in [7, 11) is 1.37. The van der Waals surface area contributed by atoms with Crippen LogP contribution in [0.15, 0.2) is 24.3 Å². The second kappa shape index (κ2) is 5.55. The van der Waals surface area contributed by atoms with E-state index in [2.05, 4.69) is 51.3 Å². The van der Waals surface area contributed by atoms with Gasteiger partial charge in [-0.1, -0.05) is 29.8 Å². The summed E-state index contributed by atoms with van der Waals surface area (Å²) in [6, 6.07) is 8.56. The number of methoxy groups -OCH3 is 1. The highest BCUT2D eigenvalue weighted by Crippen LogP contribution is 2.28. The largest absolute Gasteiger partial charge is 0.469 e. The Labute approximate surface area is 123 Å². The molecule has 6 nitrogen and oxygen atoms in total. The predicted octanol–water partition coefficient (Wildman–Crippen LogP) is 1.71. The van der Waals surface area contributed by atoms with E-state index in [1.165, 1.54) is 18.2 Å². The fourth-order valence-corrected chi connectivity index (χ4v) is 2.61. The van der Waals surface area contributed by atoms with Crippen molar-refractivity contribution >= 4 is 11.9 Å². The second-order valence-corrected chi connectivity index (χ2v) is 5.19. The Balaban J connectivity index is 1.92. The fourth-order valence-electron chi connectivity index (χ4n) is 2.61. The van der Waals surface area contributed by atoms with E-state index >= 15 is 0 Å². The number of carbonyl (C=O) groups is 1.